The van der Waals surface area contributed by atoms with E-state index < -0.39 is 0 Å². The first-order chi connectivity index (χ1) is 10.2. The first-order valence-corrected chi connectivity index (χ1v) is 6.90. The molecule has 1 aromatic heterocycles. The van der Waals surface area contributed by atoms with Crippen molar-refractivity contribution >= 4 is 23.2 Å². The van der Waals surface area contributed by atoms with Crippen LogP contribution in [0.1, 0.15) is 18.5 Å². The fourth-order valence-corrected chi connectivity index (χ4v) is 2.03. The van der Waals surface area contributed by atoms with Gasteiger partial charge in [0.1, 0.15) is 0 Å². The van der Waals surface area contributed by atoms with Crippen LogP contribution in [0.3, 0.4) is 0 Å². The van der Waals surface area contributed by atoms with E-state index in [1.807, 2.05) is 6.07 Å². The van der Waals surface area contributed by atoms with Crippen molar-refractivity contribution in [1.82, 2.24) is 10.2 Å². The van der Waals surface area contributed by atoms with Crippen LogP contribution in [-0.4, -0.2) is 22.0 Å². The lowest BCUT2D eigenvalue weighted by molar-refractivity contribution is -0.117. The lowest BCUT2D eigenvalue weighted by Crippen LogP contribution is -2.16. The van der Waals surface area contributed by atoms with Crippen molar-refractivity contribution in [3.05, 3.63) is 42.2 Å². The number of H-pyrrole nitrogens is 1. The zero-order valence-electron chi connectivity index (χ0n) is 11.4. The van der Waals surface area contributed by atoms with Crippen LogP contribution >= 0.6 is 0 Å². The quantitative estimate of drug-likeness (QED) is 0.784. The van der Waals surface area contributed by atoms with Gasteiger partial charge in [-0.15, -0.1) is 0 Å². The maximum Gasteiger partial charge on any atom is 0.230 e. The van der Waals surface area contributed by atoms with Crippen LogP contribution in [0.5, 0.6) is 0 Å². The molecule has 1 aromatic carbocycles. The molecule has 1 aliphatic rings. The maximum atomic E-state index is 11.9. The largest absolute Gasteiger partial charge is 0.326 e. The molecule has 1 fully saturated rings. The van der Waals surface area contributed by atoms with Crippen molar-refractivity contribution in [2.75, 3.05) is 10.6 Å². The molecule has 0 spiro atoms. The van der Waals surface area contributed by atoms with Gasteiger partial charge in [0.15, 0.2) is 0 Å². The lowest BCUT2D eigenvalue weighted by atomic mass is 10.2. The van der Waals surface area contributed by atoms with Gasteiger partial charge >= 0.3 is 0 Å². The van der Waals surface area contributed by atoms with Gasteiger partial charge < -0.3 is 10.6 Å². The van der Waals surface area contributed by atoms with E-state index in [-0.39, 0.29) is 24.2 Å². The molecule has 0 unspecified atom stereocenters. The molecule has 0 saturated heterocycles. The Bertz CT molecular complexity index is 647. The molecule has 1 heterocycles. The molecular formula is C15H16N4O2. The van der Waals surface area contributed by atoms with Gasteiger partial charge in [-0.1, -0.05) is 6.07 Å². The smallest absolute Gasteiger partial charge is 0.230 e. The number of carbonyl (C=O) groups excluding carboxylic acids is 2. The third kappa shape index (κ3) is 3.68. The van der Waals surface area contributed by atoms with Gasteiger partial charge in [-0.3, -0.25) is 14.7 Å². The van der Waals surface area contributed by atoms with Crippen LogP contribution < -0.4 is 10.6 Å². The Morgan fingerprint density at radius 2 is 1.95 bits per heavy atom. The zero-order chi connectivity index (χ0) is 14.7. The Hall–Kier alpha value is -2.63. The summed E-state index contributed by atoms with van der Waals surface area (Å²) in [6.07, 6.45) is 3.77. The average Bonchev–Trinajstić information content (AvgIpc) is 3.19. The Labute approximate surface area is 121 Å². The second-order valence-corrected chi connectivity index (χ2v) is 5.15. The molecule has 0 radical (unpaired) electrons. The number of hydrogen-bond donors (Lipinski definition) is 3. The van der Waals surface area contributed by atoms with Crippen molar-refractivity contribution in [2.45, 2.75) is 19.3 Å². The van der Waals surface area contributed by atoms with E-state index in [2.05, 4.69) is 20.8 Å². The molecule has 1 aliphatic carbocycles. The molecule has 0 atom stereocenters. The standard InChI is InChI=1S/C15H16N4O2/c20-14(9-13-6-7-16-19-13)17-11-2-1-3-12(8-11)18-15(21)10-4-5-10/h1-3,6-8,10H,4-5,9H2,(H,16,19)(H,17,20)(H,18,21). The number of nitrogens with one attached hydrogen (secondary N) is 3. The van der Waals surface area contributed by atoms with Crippen molar-refractivity contribution in [1.29, 1.82) is 0 Å². The van der Waals surface area contributed by atoms with E-state index in [1.165, 1.54) is 0 Å². The summed E-state index contributed by atoms with van der Waals surface area (Å²) in [4.78, 5) is 23.6. The zero-order valence-corrected chi connectivity index (χ0v) is 11.4. The van der Waals surface area contributed by atoms with Gasteiger partial charge in [-0.25, -0.2) is 0 Å². The van der Waals surface area contributed by atoms with Gasteiger partial charge in [0, 0.05) is 29.2 Å². The lowest BCUT2D eigenvalue weighted by Gasteiger charge is -2.08. The van der Waals surface area contributed by atoms with Crippen LogP contribution in [0, 0.1) is 5.92 Å². The second kappa shape index (κ2) is 5.78. The Balaban J connectivity index is 1.59. The number of carbonyl (C=O) groups is 2. The minimum atomic E-state index is -0.134. The Kier molecular flexibility index (Phi) is 3.68. The highest BCUT2D eigenvalue weighted by atomic mass is 16.2. The molecule has 21 heavy (non-hydrogen) atoms. The molecule has 2 amide bonds. The summed E-state index contributed by atoms with van der Waals surface area (Å²) in [5.41, 5.74) is 2.12. The van der Waals surface area contributed by atoms with E-state index in [1.54, 1.807) is 30.5 Å². The van der Waals surface area contributed by atoms with Gasteiger partial charge in [-0.2, -0.15) is 5.10 Å². The molecule has 6 nitrogen and oxygen atoms in total. The van der Waals surface area contributed by atoms with Crippen LogP contribution in [-0.2, 0) is 16.0 Å². The molecule has 3 N–H and O–H groups in total. The second-order valence-electron chi connectivity index (χ2n) is 5.15. The summed E-state index contributed by atoms with van der Waals surface area (Å²) < 4.78 is 0. The number of nitrogens with zero attached hydrogens (tertiary/aromatic N) is 1. The Morgan fingerprint density at radius 3 is 2.62 bits per heavy atom. The Morgan fingerprint density at radius 1 is 1.19 bits per heavy atom. The van der Waals surface area contributed by atoms with Crippen LogP contribution in [0.15, 0.2) is 36.5 Å². The number of anilines is 2. The monoisotopic (exact) mass is 284 g/mol. The summed E-state index contributed by atoms with van der Waals surface area (Å²) in [7, 11) is 0. The highest BCUT2D eigenvalue weighted by Crippen LogP contribution is 2.30. The predicted molar refractivity (Wildman–Crippen MR) is 78.7 cm³/mol. The molecule has 0 bridgehead atoms. The molecule has 2 aromatic rings. The van der Waals surface area contributed by atoms with Crippen LogP contribution in [0.25, 0.3) is 0 Å². The van der Waals surface area contributed by atoms with Crippen molar-refractivity contribution in [3.63, 3.8) is 0 Å². The number of aromatic nitrogens is 2. The van der Waals surface area contributed by atoms with Crippen molar-refractivity contribution in [2.24, 2.45) is 5.92 Å². The minimum absolute atomic E-state index is 0.0518. The van der Waals surface area contributed by atoms with E-state index in [4.69, 9.17) is 0 Å². The van der Waals surface area contributed by atoms with Gasteiger partial charge in [0.2, 0.25) is 11.8 Å². The summed E-state index contributed by atoms with van der Waals surface area (Å²) >= 11 is 0. The molecule has 3 rings (SSSR count). The highest BCUT2D eigenvalue weighted by Gasteiger charge is 2.29. The summed E-state index contributed by atoms with van der Waals surface area (Å²) in [5.74, 6) is 0.0736. The fourth-order valence-electron chi connectivity index (χ4n) is 2.03. The number of benzene rings is 1. The summed E-state index contributed by atoms with van der Waals surface area (Å²) in [6.45, 7) is 0. The molecule has 108 valence electrons. The predicted octanol–water partition coefficient (Wildman–Crippen LogP) is 1.94. The average molecular weight is 284 g/mol. The van der Waals surface area contributed by atoms with Crippen molar-refractivity contribution < 1.29 is 9.59 Å². The topological polar surface area (TPSA) is 86.9 Å². The third-order valence-electron chi connectivity index (χ3n) is 3.27. The minimum Gasteiger partial charge on any atom is -0.326 e. The molecule has 6 heteroatoms. The SMILES string of the molecule is O=C(Cc1ccn[nH]1)Nc1cccc(NC(=O)C2CC2)c1. The van der Waals surface area contributed by atoms with E-state index in [9.17, 15) is 9.59 Å². The number of hydrogen-bond acceptors (Lipinski definition) is 3. The summed E-state index contributed by atoms with van der Waals surface area (Å²) in [6, 6.07) is 8.91. The van der Waals surface area contributed by atoms with E-state index in [0.717, 1.165) is 18.5 Å². The maximum absolute atomic E-state index is 11.9. The van der Waals surface area contributed by atoms with E-state index in [0.29, 0.717) is 11.4 Å². The van der Waals surface area contributed by atoms with Crippen LogP contribution in [0.2, 0.25) is 0 Å². The van der Waals surface area contributed by atoms with E-state index >= 15 is 0 Å². The third-order valence-corrected chi connectivity index (χ3v) is 3.27. The molecular weight excluding hydrogens is 268 g/mol. The van der Waals surface area contributed by atoms with Gasteiger partial charge in [0.25, 0.3) is 0 Å². The van der Waals surface area contributed by atoms with Gasteiger partial charge in [-0.05, 0) is 37.1 Å². The first kappa shape index (κ1) is 13.4. The summed E-state index contributed by atoms with van der Waals surface area (Å²) in [5, 5.41) is 12.2. The number of amides is 2. The van der Waals surface area contributed by atoms with Crippen LogP contribution in [0.4, 0.5) is 11.4 Å². The molecule has 1 saturated carbocycles. The van der Waals surface area contributed by atoms with Crippen molar-refractivity contribution in [3.8, 4) is 0 Å². The highest BCUT2D eigenvalue weighted by molar-refractivity contribution is 5.96. The van der Waals surface area contributed by atoms with Gasteiger partial charge in [0.05, 0.1) is 6.42 Å². The number of rotatable bonds is 5. The molecule has 0 aliphatic heterocycles. The number of aromatic amines is 1. The first-order valence-electron chi connectivity index (χ1n) is 6.90. The normalized spacial score (nSPS) is 13.7. The fraction of sp³-hybridized carbons (Fsp3) is 0.267.